The molecule has 4 nitrogen and oxygen atoms in total. The van der Waals surface area contributed by atoms with E-state index in [1.807, 2.05) is 0 Å². The fraction of sp³-hybridized carbons (Fsp3) is 0.154. The number of rotatable bonds is 1. The molecule has 3 rings (SSSR count). The molecule has 0 radical (unpaired) electrons. The molecule has 3 N–H and O–H groups in total. The van der Waals surface area contributed by atoms with Crippen molar-refractivity contribution in [2.75, 3.05) is 5.73 Å². The number of fused-ring (bicyclic) bond motifs is 1. The van der Waals surface area contributed by atoms with Crippen molar-refractivity contribution in [2.45, 2.75) is 6.18 Å². The molecule has 2 heterocycles. The van der Waals surface area contributed by atoms with Crippen molar-refractivity contribution in [1.29, 1.82) is 0 Å². The lowest BCUT2D eigenvalue weighted by Crippen LogP contribution is -2.03. The number of aromatic amines is 1. The third-order valence-electron chi connectivity index (χ3n) is 3.17. The number of hydrogen-bond donors (Lipinski definition) is 2. The third-order valence-corrected chi connectivity index (χ3v) is 3.17. The number of aryl methyl sites for hydroxylation is 1. The molecule has 0 bridgehead atoms. The second kappa shape index (κ2) is 4.03. The highest BCUT2D eigenvalue weighted by Crippen LogP contribution is 2.33. The van der Waals surface area contributed by atoms with Gasteiger partial charge < -0.3 is 10.7 Å². The van der Waals surface area contributed by atoms with Gasteiger partial charge in [0.1, 0.15) is 5.69 Å². The first-order valence-corrected chi connectivity index (χ1v) is 5.84. The van der Waals surface area contributed by atoms with Crippen LogP contribution in [0.4, 0.5) is 18.9 Å². The second-order valence-corrected chi connectivity index (χ2v) is 4.55. The summed E-state index contributed by atoms with van der Waals surface area (Å²) in [6, 6.07) is 5.34. The number of nitrogens with zero attached hydrogens (tertiary/aromatic N) is 2. The second-order valence-electron chi connectivity index (χ2n) is 4.55. The van der Waals surface area contributed by atoms with Crippen LogP contribution in [0.3, 0.4) is 0 Å². The van der Waals surface area contributed by atoms with Gasteiger partial charge in [0, 0.05) is 18.0 Å². The molecule has 20 heavy (non-hydrogen) atoms. The van der Waals surface area contributed by atoms with Crippen molar-refractivity contribution in [3.05, 3.63) is 36.0 Å². The first-order valence-electron chi connectivity index (χ1n) is 5.84. The third kappa shape index (κ3) is 1.91. The van der Waals surface area contributed by atoms with Crippen LogP contribution in [0.15, 0.2) is 30.5 Å². The highest BCUT2D eigenvalue weighted by Gasteiger charge is 2.30. The van der Waals surface area contributed by atoms with E-state index >= 15 is 0 Å². The van der Waals surface area contributed by atoms with Crippen LogP contribution in [0.1, 0.15) is 5.56 Å². The minimum atomic E-state index is -4.36. The Morgan fingerprint density at radius 2 is 2.00 bits per heavy atom. The van der Waals surface area contributed by atoms with Gasteiger partial charge >= 0.3 is 6.18 Å². The van der Waals surface area contributed by atoms with Gasteiger partial charge in [0.05, 0.1) is 23.1 Å². The van der Waals surface area contributed by atoms with E-state index < -0.39 is 11.7 Å². The monoisotopic (exact) mass is 280 g/mol. The van der Waals surface area contributed by atoms with E-state index in [-0.39, 0.29) is 0 Å². The Hall–Kier alpha value is -2.44. The summed E-state index contributed by atoms with van der Waals surface area (Å²) in [4.78, 5) is 2.95. The summed E-state index contributed by atoms with van der Waals surface area (Å²) in [5.41, 5.74) is 7.29. The summed E-state index contributed by atoms with van der Waals surface area (Å²) >= 11 is 0. The van der Waals surface area contributed by atoms with Crippen molar-refractivity contribution in [3.63, 3.8) is 0 Å². The zero-order valence-corrected chi connectivity index (χ0v) is 10.5. The van der Waals surface area contributed by atoms with E-state index in [0.29, 0.717) is 28.0 Å². The molecule has 2 aromatic heterocycles. The van der Waals surface area contributed by atoms with Gasteiger partial charge in [0.2, 0.25) is 0 Å². The largest absolute Gasteiger partial charge is 0.416 e. The molecule has 0 aliphatic rings. The molecule has 1 aromatic carbocycles. The van der Waals surface area contributed by atoms with Crippen LogP contribution in [0.2, 0.25) is 0 Å². The molecule has 7 heteroatoms. The number of alkyl halides is 3. The van der Waals surface area contributed by atoms with Gasteiger partial charge in [-0.25, -0.2) is 0 Å². The van der Waals surface area contributed by atoms with Crippen LogP contribution in [0.25, 0.3) is 22.3 Å². The van der Waals surface area contributed by atoms with Gasteiger partial charge in [0.15, 0.2) is 0 Å². The minimum Gasteiger partial charge on any atom is -0.396 e. The van der Waals surface area contributed by atoms with Crippen molar-refractivity contribution in [1.82, 2.24) is 14.8 Å². The van der Waals surface area contributed by atoms with Crippen molar-refractivity contribution in [3.8, 4) is 11.4 Å². The Bertz CT molecular complexity index is 763. The molecule has 3 aromatic rings. The maximum Gasteiger partial charge on any atom is 0.416 e. The maximum atomic E-state index is 12.7. The molecule has 0 fully saturated rings. The smallest absolute Gasteiger partial charge is 0.396 e. The van der Waals surface area contributed by atoms with E-state index in [4.69, 9.17) is 5.73 Å². The number of nitrogens with two attached hydrogens (primary N) is 1. The summed E-state index contributed by atoms with van der Waals surface area (Å²) in [5.74, 6) is 0. The van der Waals surface area contributed by atoms with Gasteiger partial charge in [-0.15, -0.1) is 0 Å². The molecule has 0 saturated heterocycles. The predicted octanol–water partition coefficient (Wildman–Crippen LogP) is 3.17. The van der Waals surface area contributed by atoms with Crippen LogP contribution < -0.4 is 5.73 Å². The lowest BCUT2D eigenvalue weighted by atomic mass is 10.1. The highest BCUT2D eigenvalue weighted by atomic mass is 19.4. The molecule has 104 valence electrons. The summed E-state index contributed by atoms with van der Waals surface area (Å²) in [5, 5.41) is 4.70. The molecule has 0 aliphatic heterocycles. The molecule has 0 atom stereocenters. The number of nitrogen functional groups attached to an aromatic ring is 1. The lowest BCUT2D eigenvalue weighted by molar-refractivity contribution is -0.137. The number of H-pyrrole nitrogens is 1. The van der Waals surface area contributed by atoms with Gasteiger partial charge in [-0.05, 0) is 18.2 Å². The van der Waals surface area contributed by atoms with E-state index in [1.165, 1.54) is 12.3 Å². The van der Waals surface area contributed by atoms with Crippen LogP contribution in [-0.2, 0) is 13.2 Å². The predicted molar refractivity (Wildman–Crippen MR) is 69.9 cm³/mol. The first-order chi connectivity index (χ1) is 9.36. The van der Waals surface area contributed by atoms with Crippen LogP contribution >= 0.6 is 0 Å². The normalized spacial score (nSPS) is 12.2. The van der Waals surface area contributed by atoms with E-state index in [1.54, 1.807) is 17.8 Å². The van der Waals surface area contributed by atoms with E-state index in [9.17, 15) is 13.2 Å². The Morgan fingerprint density at radius 3 is 2.60 bits per heavy atom. The molecular weight excluding hydrogens is 269 g/mol. The Kier molecular flexibility index (Phi) is 2.53. The number of benzene rings is 1. The van der Waals surface area contributed by atoms with Gasteiger partial charge in [-0.3, -0.25) is 4.68 Å². The fourth-order valence-corrected chi connectivity index (χ4v) is 2.22. The molecule has 0 spiro atoms. The van der Waals surface area contributed by atoms with Crippen LogP contribution in [0, 0.1) is 0 Å². The highest BCUT2D eigenvalue weighted by molar-refractivity contribution is 5.87. The number of nitrogens with one attached hydrogen (secondary N) is 1. The van der Waals surface area contributed by atoms with Gasteiger partial charge in [-0.1, -0.05) is 6.07 Å². The Labute approximate surface area is 112 Å². The number of halogens is 3. The number of hydrogen-bond acceptors (Lipinski definition) is 2. The fourth-order valence-electron chi connectivity index (χ4n) is 2.22. The summed E-state index contributed by atoms with van der Waals surface area (Å²) in [7, 11) is 1.72. The Balaban J connectivity index is 2.17. The van der Waals surface area contributed by atoms with Gasteiger partial charge in [-0.2, -0.15) is 18.3 Å². The number of aromatic nitrogens is 3. The number of anilines is 1. The van der Waals surface area contributed by atoms with E-state index in [0.717, 1.165) is 12.1 Å². The first kappa shape index (κ1) is 12.6. The average molecular weight is 280 g/mol. The topological polar surface area (TPSA) is 59.6 Å². The maximum absolute atomic E-state index is 12.7. The quantitative estimate of drug-likeness (QED) is 0.719. The van der Waals surface area contributed by atoms with Crippen molar-refractivity contribution < 1.29 is 13.2 Å². The van der Waals surface area contributed by atoms with E-state index in [2.05, 4.69) is 10.1 Å². The Morgan fingerprint density at radius 1 is 1.25 bits per heavy atom. The van der Waals surface area contributed by atoms with Crippen LogP contribution in [-0.4, -0.2) is 14.8 Å². The average Bonchev–Trinajstić information content (AvgIpc) is 2.90. The summed E-state index contributed by atoms with van der Waals surface area (Å²) in [6.45, 7) is 0. The van der Waals surface area contributed by atoms with Crippen LogP contribution in [0.5, 0.6) is 0 Å². The standard InChI is InChI=1S/C13H11F3N4/c1-20-12(9(17)6-18-20)11-4-7-2-3-8(13(14,15)16)5-10(7)19-11/h2-6,19H,17H2,1H3. The molecule has 0 saturated carbocycles. The van der Waals surface area contributed by atoms with Crippen molar-refractivity contribution >= 4 is 16.6 Å². The zero-order chi connectivity index (χ0) is 14.5. The SMILES string of the molecule is Cn1ncc(N)c1-c1cc2ccc(C(F)(F)F)cc2[nH]1. The summed E-state index contributed by atoms with van der Waals surface area (Å²) in [6.07, 6.45) is -2.85. The summed E-state index contributed by atoms with van der Waals surface area (Å²) < 4.78 is 39.6. The minimum absolute atomic E-state index is 0.412. The zero-order valence-electron chi connectivity index (χ0n) is 10.5. The molecule has 0 amide bonds. The molecule has 0 unspecified atom stereocenters. The van der Waals surface area contributed by atoms with Crippen molar-refractivity contribution in [2.24, 2.45) is 7.05 Å². The molecular formula is C13H11F3N4. The lowest BCUT2D eigenvalue weighted by Gasteiger charge is -2.05. The molecule has 0 aliphatic carbocycles. The van der Waals surface area contributed by atoms with Gasteiger partial charge in [0.25, 0.3) is 0 Å².